The monoisotopic (exact) mass is 352 g/mol. The molecule has 3 heteroatoms. The summed E-state index contributed by atoms with van der Waals surface area (Å²) in [6.07, 6.45) is 4.14. The molecule has 26 heavy (non-hydrogen) atoms. The minimum atomic E-state index is -0.430. The van der Waals surface area contributed by atoms with Gasteiger partial charge in [-0.05, 0) is 60.3 Å². The lowest BCUT2D eigenvalue weighted by molar-refractivity contribution is -0.281. The Morgan fingerprint density at radius 1 is 0.885 bits per heavy atom. The molecule has 3 rings (SSSR count). The molecule has 138 valence electrons. The molecule has 1 saturated carbocycles. The molecular formula is C23H28O3. The average molecular weight is 352 g/mol. The number of hydrogen-bond acceptors (Lipinski definition) is 3. The summed E-state index contributed by atoms with van der Waals surface area (Å²) in [5.41, 5.74) is 2.91. The number of carbonyl (C=O) groups excluding carboxylic acids is 1. The third-order valence-corrected chi connectivity index (χ3v) is 5.36. The summed E-state index contributed by atoms with van der Waals surface area (Å²) >= 11 is 0. The van der Waals surface area contributed by atoms with Crippen molar-refractivity contribution in [2.75, 3.05) is 0 Å². The molecule has 1 aliphatic rings. The van der Waals surface area contributed by atoms with E-state index in [4.69, 9.17) is 9.78 Å². The van der Waals surface area contributed by atoms with Crippen LogP contribution in [0.25, 0.3) is 11.1 Å². The summed E-state index contributed by atoms with van der Waals surface area (Å²) in [4.78, 5) is 22.9. The van der Waals surface area contributed by atoms with Crippen LogP contribution in [-0.2, 0) is 9.78 Å². The fourth-order valence-electron chi connectivity index (χ4n) is 3.64. The Kier molecular flexibility index (Phi) is 5.77. The fourth-order valence-corrected chi connectivity index (χ4v) is 3.64. The molecule has 0 radical (unpaired) electrons. The van der Waals surface area contributed by atoms with Crippen LogP contribution in [-0.4, -0.2) is 12.1 Å². The second-order valence-electron chi connectivity index (χ2n) is 8.25. The van der Waals surface area contributed by atoms with Gasteiger partial charge in [0.05, 0.1) is 5.56 Å². The van der Waals surface area contributed by atoms with E-state index in [1.165, 1.54) is 0 Å². The summed E-state index contributed by atoms with van der Waals surface area (Å²) in [5, 5.41) is 0. The lowest BCUT2D eigenvalue weighted by atomic mass is 9.72. The minimum Gasteiger partial charge on any atom is -0.293 e. The molecule has 0 amide bonds. The number of carbonyl (C=O) groups is 1. The van der Waals surface area contributed by atoms with Crippen LogP contribution >= 0.6 is 0 Å². The van der Waals surface area contributed by atoms with Gasteiger partial charge in [-0.15, -0.1) is 0 Å². The molecule has 0 aliphatic heterocycles. The van der Waals surface area contributed by atoms with E-state index in [-0.39, 0.29) is 6.10 Å². The quantitative estimate of drug-likeness (QED) is 0.496. The van der Waals surface area contributed by atoms with Gasteiger partial charge in [-0.25, -0.2) is 4.79 Å². The van der Waals surface area contributed by atoms with Crippen molar-refractivity contribution in [1.29, 1.82) is 0 Å². The first-order valence-corrected chi connectivity index (χ1v) is 9.46. The molecule has 0 heterocycles. The van der Waals surface area contributed by atoms with Gasteiger partial charge in [0.2, 0.25) is 0 Å². The molecule has 1 fully saturated rings. The first-order valence-electron chi connectivity index (χ1n) is 9.46. The fraction of sp³-hybridized carbons (Fsp3) is 0.435. The van der Waals surface area contributed by atoms with Crippen LogP contribution < -0.4 is 0 Å². The van der Waals surface area contributed by atoms with Gasteiger partial charge in [0.15, 0.2) is 0 Å². The Bertz CT molecular complexity index is 723. The van der Waals surface area contributed by atoms with E-state index in [2.05, 4.69) is 20.8 Å². The maximum atomic E-state index is 12.3. The summed E-state index contributed by atoms with van der Waals surface area (Å²) in [7, 11) is 0. The van der Waals surface area contributed by atoms with Gasteiger partial charge >= 0.3 is 5.97 Å². The van der Waals surface area contributed by atoms with Crippen molar-refractivity contribution in [1.82, 2.24) is 0 Å². The van der Waals surface area contributed by atoms with Gasteiger partial charge in [-0.1, -0.05) is 63.2 Å². The predicted octanol–water partition coefficient (Wildman–Crippen LogP) is 6.05. The second kappa shape index (κ2) is 8.05. The zero-order valence-corrected chi connectivity index (χ0v) is 15.9. The first kappa shape index (κ1) is 18.7. The van der Waals surface area contributed by atoms with Gasteiger partial charge in [0.1, 0.15) is 6.10 Å². The van der Waals surface area contributed by atoms with E-state index >= 15 is 0 Å². The summed E-state index contributed by atoms with van der Waals surface area (Å²) in [5.74, 6) is 0.279. The summed E-state index contributed by atoms with van der Waals surface area (Å²) in [6.45, 7) is 6.87. The van der Waals surface area contributed by atoms with E-state index in [1.54, 1.807) is 6.07 Å². The second-order valence-corrected chi connectivity index (χ2v) is 8.25. The highest BCUT2D eigenvalue weighted by atomic mass is 17.2. The maximum absolute atomic E-state index is 12.3. The molecular weight excluding hydrogens is 324 g/mol. The van der Waals surface area contributed by atoms with Crippen LogP contribution in [0.2, 0.25) is 0 Å². The highest BCUT2D eigenvalue weighted by Gasteiger charge is 2.31. The van der Waals surface area contributed by atoms with Crippen molar-refractivity contribution in [3.63, 3.8) is 0 Å². The van der Waals surface area contributed by atoms with Crippen LogP contribution in [0.3, 0.4) is 0 Å². The van der Waals surface area contributed by atoms with E-state index in [0.29, 0.717) is 16.9 Å². The molecule has 0 bridgehead atoms. The van der Waals surface area contributed by atoms with Crippen molar-refractivity contribution in [3.05, 3.63) is 60.2 Å². The molecule has 0 aromatic heterocycles. The molecule has 1 aliphatic carbocycles. The SMILES string of the molecule is CC(C)(C)C1CCC(OOC(=O)c2cccc(-c3ccccc3)c2)CC1. The van der Waals surface area contributed by atoms with E-state index in [0.717, 1.165) is 36.8 Å². The lowest BCUT2D eigenvalue weighted by Gasteiger charge is -2.36. The normalized spacial score (nSPS) is 20.6. The Labute approximate surface area is 156 Å². The highest BCUT2D eigenvalue weighted by Crippen LogP contribution is 2.38. The van der Waals surface area contributed by atoms with Gasteiger partial charge in [0, 0.05) is 0 Å². The third-order valence-electron chi connectivity index (χ3n) is 5.36. The van der Waals surface area contributed by atoms with Crippen LogP contribution in [0.5, 0.6) is 0 Å². The Morgan fingerprint density at radius 3 is 2.19 bits per heavy atom. The van der Waals surface area contributed by atoms with Crippen LogP contribution in [0, 0.1) is 11.3 Å². The van der Waals surface area contributed by atoms with Crippen LogP contribution in [0.1, 0.15) is 56.8 Å². The van der Waals surface area contributed by atoms with E-state index in [1.807, 2.05) is 48.5 Å². The number of rotatable bonds is 4. The Hall–Kier alpha value is -2.13. The summed E-state index contributed by atoms with van der Waals surface area (Å²) in [6, 6.07) is 17.4. The smallest absolute Gasteiger partial charge is 0.293 e. The molecule has 2 aromatic rings. The zero-order valence-electron chi connectivity index (χ0n) is 15.9. The van der Waals surface area contributed by atoms with Gasteiger partial charge in [-0.3, -0.25) is 4.89 Å². The topological polar surface area (TPSA) is 35.5 Å². The molecule has 0 spiro atoms. The highest BCUT2D eigenvalue weighted by molar-refractivity contribution is 5.90. The van der Waals surface area contributed by atoms with Crippen LogP contribution in [0.15, 0.2) is 54.6 Å². The molecule has 0 N–H and O–H groups in total. The molecule has 2 aromatic carbocycles. The minimum absolute atomic E-state index is 0.00913. The third kappa shape index (κ3) is 4.73. The lowest BCUT2D eigenvalue weighted by Crippen LogP contribution is -2.29. The Morgan fingerprint density at radius 2 is 1.54 bits per heavy atom. The maximum Gasteiger partial charge on any atom is 0.373 e. The molecule has 3 nitrogen and oxygen atoms in total. The van der Waals surface area contributed by atoms with Crippen molar-refractivity contribution in [3.8, 4) is 11.1 Å². The Balaban J connectivity index is 1.55. The van der Waals surface area contributed by atoms with Crippen LogP contribution in [0.4, 0.5) is 0 Å². The molecule has 0 unspecified atom stereocenters. The largest absolute Gasteiger partial charge is 0.373 e. The van der Waals surface area contributed by atoms with Crippen molar-refractivity contribution >= 4 is 5.97 Å². The van der Waals surface area contributed by atoms with Gasteiger partial charge < -0.3 is 0 Å². The van der Waals surface area contributed by atoms with E-state index in [9.17, 15) is 4.79 Å². The standard InChI is InChI=1S/C23H28O3/c1-23(2,3)20-12-14-21(15-13-20)25-26-22(24)19-11-7-10-18(16-19)17-8-5-4-6-9-17/h4-11,16,20-21H,12-15H2,1-3H3. The van der Waals surface area contributed by atoms with Gasteiger partial charge in [-0.2, -0.15) is 4.89 Å². The zero-order chi connectivity index (χ0) is 18.6. The van der Waals surface area contributed by atoms with E-state index < -0.39 is 5.97 Å². The average Bonchev–Trinajstić information content (AvgIpc) is 2.66. The number of benzene rings is 2. The summed E-state index contributed by atoms with van der Waals surface area (Å²) < 4.78 is 0. The van der Waals surface area contributed by atoms with Crippen molar-refractivity contribution in [2.45, 2.75) is 52.6 Å². The predicted molar refractivity (Wildman–Crippen MR) is 104 cm³/mol. The van der Waals surface area contributed by atoms with Crippen molar-refractivity contribution in [2.24, 2.45) is 11.3 Å². The molecule has 0 saturated heterocycles. The van der Waals surface area contributed by atoms with Gasteiger partial charge in [0.25, 0.3) is 0 Å². The molecule has 0 atom stereocenters. The number of hydrogen-bond donors (Lipinski definition) is 0. The van der Waals surface area contributed by atoms with Crippen molar-refractivity contribution < 1.29 is 14.6 Å². The first-order chi connectivity index (χ1) is 12.4.